The summed E-state index contributed by atoms with van der Waals surface area (Å²) < 4.78 is 11.2. The fourth-order valence-corrected chi connectivity index (χ4v) is 3.56. The molecule has 0 aliphatic rings. The largest absolute Gasteiger partial charge is 0.493 e. The number of thiazole rings is 1. The molecule has 29 heavy (non-hydrogen) atoms. The molecule has 0 bridgehead atoms. The Hall–Kier alpha value is -3.06. The lowest BCUT2D eigenvalue weighted by Crippen LogP contribution is -2.36. The summed E-state index contributed by atoms with van der Waals surface area (Å²) in [6.07, 6.45) is 0. The number of ether oxygens (including phenoxy) is 2. The normalized spacial score (nSPS) is 11.2. The van der Waals surface area contributed by atoms with Gasteiger partial charge in [0.1, 0.15) is 10.8 Å². The molecule has 0 saturated carbocycles. The van der Waals surface area contributed by atoms with Crippen molar-refractivity contribution in [2.75, 3.05) is 14.2 Å². The van der Waals surface area contributed by atoms with Crippen molar-refractivity contribution in [1.82, 2.24) is 15.6 Å². The maximum Gasteiger partial charge on any atom is 0.191 e. The first-order chi connectivity index (χ1) is 14.1. The van der Waals surface area contributed by atoms with Gasteiger partial charge in [-0.05, 0) is 43.7 Å². The lowest BCUT2D eigenvalue weighted by atomic mass is 10.2. The third kappa shape index (κ3) is 5.71. The summed E-state index contributed by atoms with van der Waals surface area (Å²) in [6.45, 7) is 5.43. The number of nitrogens with zero attached hydrogens (tertiary/aromatic N) is 2. The third-order valence-electron chi connectivity index (χ3n) is 4.38. The highest BCUT2D eigenvalue weighted by atomic mass is 32.1. The molecule has 2 N–H and O–H groups in total. The van der Waals surface area contributed by atoms with E-state index in [1.54, 1.807) is 25.5 Å². The zero-order valence-electron chi connectivity index (χ0n) is 17.2. The van der Waals surface area contributed by atoms with Crippen molar-refractivity contribution in [2.45, 2.75) is 26.9 Å². The SMILES string of the molecule is CN=C(NCc1ccc(Oc2ccccc2OC)cc1)NCc1nc(C)c(C)s1. The van der Waals surface area contributed by atoms with Gasteiger partial charge in [0.25, 0.3) is 0 Å². The van der Waals surface area contributed by atoms with Gasteiger partial charge in [-0.2, -0.15) is 0 Å². The molecular formula is C22H26N4O2S. The highest BCUT2D eigenvalue weighted by molar-refractivity contribution is 7.11. The number of aromatic nitrogens is 1. The third-order valence-corrected chi connectivity index (χ3v) is 5.46. The maximum absolute atomic E-state index is 5.91. The average molecular weight is 411 g/mol. The first kappa shape index (κ1) is 20.7. The van der Waals surface area contributed by atoms with E-state index in [2.05, 4.69) is 27.5 Å². The van der Waals surface area contributed by atoms with Gasteiger partial charge in [-0.1, -0.05) is 24.3 Å². The Labute approximate surface area is 175 Å². The van der Waals surface area contributed by atoms with Gasteiger partial charge in [0, 0.05) is 18.5 Å². The van der Waals surface area contributed by atoms with Gasteiger partial charge in [0.2, 0.25) is 0 Å². The van der Waals surface area contributed by atoms with Gasteiger partial charge >= 0.3 is 0 Å². The molecule has 0 radical (unpaired) electrons. The Morgan fingerprint density at radius 2 is 1.69 bits per heavy atom. The fourth-order valence-electron chi connectivity index (χ4n) is 2.69. The quantitative estimate of drug-likeness (QED) is 0.446. The summed E-state index contributed by atoms with van der Waals surface area (Å²) in [5.74, 6) is 2.90. The minimum absolute atomic E-state index is 0.657. The average Bonchev–Trinajstić information content (AvgIpc) is 3.07. The van der Waals surface area contributed by atoms with Gasteiger partial charge in [-0.3, -0.25) is 4.99 Å². The zero-order chi connectivity index (χ0) is 20.6. The van der Waals surface area contributed by atoms with E-state index in [4.69, 9.17) is 9.47 Å². The van der Waals surface area contributed by atoms with E-state index in [1.165, 1.54) is 4.88 Å². The van der Waals surface area contributed by atoms with Crippen LogP contribution in [0.25, 0.3) is 0 Å². The van der Waals surface area contributed by atoms with Crippen LogP contribution in [0.2, 0.25) is 0 Å². The molecule has 0 spiro atoms. The van der Waals surface area contributed by atoms with Crippen LogP contribution in [0.3, 0.4) is 0 Å². The summed E-state index contributed by atoms with van der Waals surface area (Å²) >= 11 is 1.71. The summed E-state index contributed by atoms with van der Waals surface area (Å²) in [4.78, 5) is 10.1. The smallest absolute Gasteiger partial charge is 0.191 e. The molecule has 0 aliphatic carbocycles. The number of aryl methyl sites for hydroxylation is 2. The Balaban J connectivity index is 1.52. The minimum Gasteiger partial charge on any atom is -0.493 e. The molecule has 0 amide bonds. The predicted octanol–water partition coefficient (Wildman–Crippen LogP) is 4.43. The molecule has 3 aromatic rings. The first-order valence-corrected chi connectivity index (χ1v) is 10.2. The Bertz CT molecular complexity index is 948. The highest BCUT2D eigenvalue weighted by Crippen LogP contribution is 2.30. The molecule has 0 fully saturated rings. The van der Waals surface area contributed by atoms with Crippen LogP contribution >= 0.6 is 11.3 Å². The number of aliphatic imine (C=N–C) groups is 1. The second-order valence-electron chi connectivity index (χ2n) is 6.43. The van der Waals surface area contributed by atoms with Crippen molar-refractivity contribution in [3.05, 3.63) is 69.7 Å². The molecule has 0 unspecified atom stereocenters. The van der Waals surface area contributed by atoms with Gasteiger partial charge in [-0.25, -0.2) is 4.98 Å². The zero-order valence-corrected chi connectivity index (χ0v) is 18.0. The van der Waals surface area contributed by atoms with Crippen LogP contribution in [0.4, 0.5) is 0 Å². The number of para-hydroxylation sites is 2. The van der Waals surface area contributed by atoms with Crippen LogP contribution in [0, 0.1) is 13.8 Å². The molecule has 3 rings (SSSR count). The van der Waals surface area contributed by atoms with Crippen molar-refractivity contribution in [3.8, 4) is 17.2 Å². The summed E-state index contributed by atoms with van der Waals surface area (Å²) in [5.41, 5.74) is 2.21. The van der Waals surface area contributed by atoms with E-state index in [0.717, 1.165) is 28.0 Å². The van der Waals surface area contributed by atoms with Crippen LogP contribution in [0.15, 0.2) is 53.5 Å². The standard InChI is InChI=1S/C22H26N4O2S/c1-15-16(2)29-21(26-15)14-25-22(23-3)24-13-17-9-11-18(12-10-17)28-20-8-6-5-7-19(20)27-4/h5-12H,13-14H2,1-4H3,(H2,23,24,25). The number of rotatable bonds is 7. The Morgan fingerprint density at radius 1 is 1.00 bits per heavy atom. The molecule has 7 heteroatoms. The van der Waals surface area contributed by atoms with Crippen molar-refractivity contribution < 1.29 is 9.47 Å². The number of nitrogens with one attached hydrogen (secondary N) is 2. The van der Waals surface area contributed by atoms with E-state index >= 15 is 0 Å². The van der Waals surface area contributed by atoms with Gasteiger partial charge in [0.05, 0.1) is 19.3 Å². The van der Waals surface area contributed by atoms with Gasteiger partial charge < -0.3 is 20.1 Å². The number of guanidine groups is 1. The minimum atomic E-state index is 0.657. The molecule has 0 aliphatic heterocycles. The Kier molecular flexibility index (Phi) is 7.08. The van der Waals surface area contributed by atoms with Crippen LogP contribution in [0.5, 0.6) is 17.2 Å². The number of hydrogen-bond acceptors (Lipinski definition) is 5. The number of benzene rings is 2. The molecule has 6 nitrogen and oxygen atoms in total. The van der Waals surface area contributed by atoms with Gasteiger partial charge in [-0.15, -0.1) is 11.3 Å². The summed E-state index contributed by atoms with van der Waals surface area (Å²) in [6, 6.07) is 15.5. The second kappa shape index (κ2) is 9.93. The van der Waals surface area contributed by atoms with Crippen molar-refractivity contribution in [2.24, 2.45) is 4.99 Å². The van der Waals surface area contributed by atoms with E-state index in [1.807, 2.05) is 55.5 Å². The van der Waals surface area contributed by atoms with Gasteiger partial charge in [0.15, 0.2) is 17.5 Å². The highest BCUT2D eigenvalue weighted by Gasteiger charge is 2.06. The fraction of sp³-hybridized carbons (Fsp3) is 0.273. The monoisotopic (exact) mass is 410 g/mol. The second-order valence-corrected chi connectivity index (χ2v) is 7.71. The van der Waals surface area contributed by atoms with Crippen molar-refractivity contribution >= 4 is 17.3 Å². The molecule has 0 saturated heterocycles. The summed E-state index contributed by atoms with van der Waals surface area (Å²) in [7, 11) is 3.40. The topological polar surface area (TPSA) is 67.8 Å². The maximum atomic E-state index is 5.91. The van der Waals surface area contributed by atoms with E-state index < -0.39 is 0 Å². The lowest BCUT2D eigenvalue weighted by molar-refractivity contribution is 0.379. The van der Waals surface area contributed by atoms with Crippen molar-refractivity contribution in [3.63, 3.8) is 0 Å². The van der Waals surface area contributed by atoms with Crippen LogP contribution in [-0.2, 0) is 13.1 Å². The molecular weight excluding hydrogens is 384 g/mol. The van der Waals surface area contributed by atoms with Crippen LogP contribution in [-0.4, -0.2) is 25.1 Å². The molecule has 2 aromatic carbocycles. The van der Waals surface area contributed by atoms with E-state index in [-0.39, 0.29) is 0 Å². The summed E-state index contributed by atoms with van der Waals surface area (Å²) in [5, 5.41) is 7.68. The molecule has 0 atom stereocenters. The first-order valence-electron chi connectivity index (χ1n) is 9.36. The molecule has 1 aromatic heterocycles. The lowest BCUT2D eigenvalue weighted by Gasteiger charge is -2.12. The van der Waals surface area contributed by atoms with Crippen LogP contribution < -0.4 is 20.1 Å². The van der Waals surface area contributed by atoms with E-state index in [0.29, 0.717) is 24.6 Å². The van der Waals surface area contributed by atoms with E-state index in [9.17, 15) is 0 Å². The Morgan fingerprint density at radius 3 is 2.31 bits per heavy atom. The number of methoxy groups -OCH3 is 1. The van der Waals surface area contributed by atoms with Crippen LogP contribution in [0.1, 0.15) is 21.1 Å². The number of hydrogen-bond donors (Lipinski definition) is 2. The molecule has 1 heterocycles. The predicted molar refractivity (Wildman–Crippen MR) is 118 cm³/mol. The van der Waals surface area contributed by atoms with Crippen molar-refractivity contribution in [1.29, 1.82) is 0 Å². The molecule has 152 valence electrons.